The number of para-hydroxylation sites is 1. The highest BCUT2D eigenvalue weighted by molar-refractivity contribution is 6.36. The van der Waals surface area contributed by atoms with Gasteiger partial charge in [0.1, 0.15) is 0 Å². The number of aromatic amines is 1. The summed E-state index contributed by atoms with van der Waals surface area (Å²) < 4.78 is 0. The van der Waals surface area contributed by atoms with Crippen molar-refractivity contribution in [1.82, 2.24) is 15.6 Å². The first-order valence-corrected chi connectivity index (χ1v) is 7.21. The summed E-state index contributed by atoms with van der Waals surface area (Å²) in [7, 11) is 0. The predicted octanol–water partition coefficient (Wildman–Crippen LogP) is 2.83. The van der Waals surface area contributed by atoms with Crippen LogP contribution in [0.2, 0.25) is 5.02 Å². The van der Waals surface area contributed by atoms with Crippen LogP contribution >= 0.6 is 11.6 Å². The number of carbonyl (C=O) groups excluding carboxylic acids is 1. The number of amides is 1. The summed E-state index contributed by atoms with van der Waals surface area (Å²) in [5.74, 6) is 0.0650. The molecule has 0 bridgehead atoms. The number of rotatable bonds is 6. The SMILES string of the molecule is CC(C)NC(=O)CCNCc1[nH]c2ccccc2c1Cl. The van der Waals surface area contributed by atoms with Gasteiger partial charge in [0.15, 0.2) is 0 Å². The Balaban J connectivity index is 1.84. The highest BCUT2D eigenvalue weighted by Gasteiger charge is 2.08. The summed E-state index contributed by atoms with van der Waals surface area (Å²) in [6, 6.07) is 8.12. The summed E-state index contributed by atoms with van der Waals surface area (Å²) in [6.45, 7) is 5.16. The Kier molecular flexibility index (Phi) is 5.04. The van der Waals surface area contributed by atoms with Crippen molar-refractivity contribution in [2.45, 2.75) is 32.9 Å². The van der Waals surface area contributed by atoms with Crippen molar-refractivity contribution in [2.75, 3.05) is 6.54 Å². The molecule has 0 aliphatic carbocycles. The highest BCUT2D eigenvalue weighted by Crippen LogP contribution is 2.26. The Labute approximate surface area is 123 Å². The second-order valence-corrected chi connectivity index (χ2v) is 5.49. The topological polar surface area (TPSA) is 56.9 Å². The molecule has 0 spiro atoms. The van der Waals surface area contributed by atoms with Crippen molar-refractivity contribution >= 4 is 28.4 Å². The van der Waals surface area contributed by atoms with Crippen LogP contribution in [0.15, 0.2) is 24.3 Å². The average molecular weight is 294 g/mol. The van der Waals surface area contributed by atoms with Gasteiger partial charge in [-0.2, -0.15) is 0 Å². The molecule has 20 heavy (non-hydrogen) atoms. The van der Waals surface area contributed by atoms with Crippen molar-refractivity contribution in [3.8, 4) is 0 Å². The Hall–Kier alpha value is -1.52. The predicted molar refractivity (Wildman–Crippen MR) is 82.9 cm³/mol. The minimum absolute atomic E-state index is 0.0650. The van der Waals surface area contributed by atoms with Crippen LogP contribution in [-0.4, -0.2) is 23.5 Å². The molecule has 2 rings (SSSR count). The smallest absolute Gasteiger partial charge is 0.221 e. The molecule has 0 fully saturated rings. The van der Waals surface area contributed by atoms with Gasteiger partial charge in [0, 0.05) is 42.1 Å². The van der Waals surface area contributed by atoms with Crippen LogP contribution in [0.1, 0.15) is 26.0 Å². The van der Waals surface area contributed by atoms with E-state index in [1.165, 1.54) is 0 Å². The van der Waals surface area contributed by atoms with E-state index < -0.39 is 0 Å². The summed E-state index contributed by atoms with van der Waals surface area (Å²) in [6.07, 6.45) is 0.468. The molecule has 0 saturated carbocycles. The first-order chi connectivity index (χ1) is 9.58. The van der Waals surface area contributed by atoms with Gasteiger partial charge in [-0.05, 0) is 19.9 Å². The molecular formula is C15H20ClN3O. The fourth-order valence-corrected chi connectivity index (χ4v) is 2.37. The van der Waals surface area contributed by atoms with Gasteiger partial charge >= 0.3 is 0 Å². The molecule has 0 unspecified atom stereocenters. The number of benzene rings is 1. The molecule has 0 aliphatic rings. The van der Waals surface area contributed by atoms with Crippen molar-refractivity contribution in [3.05, 3.63) is 35.0 Å². The van der Waals surface area contributed by atoms with Gasteiger partial charge in [-0.15, -0.1) is 0 Å². The second kappa shape index (κ2) is 6.77. The number of carbonyl (C=O) groups is 1. The van der Waals surface area contributed by atoms with Crippen LogP contribution < -0.4 is 10.6 Å². The van der Waals surface area contributed by atoms with Gasteiger partial charge in [-0.1, -0.05) is 29.8 Å². The second-order valence-electron chi connectivity index (χ2n) is 5.11. The van der Waals surface area contributed by atoms with Gasteiger partial charge in [-0.25, -0.2) is 0 Å². The number of hydrogen-bond donors (Lipinski definition) is 3. The minimum atomic E-state index is 0.0650. The van der Waals surface area contributed by atoms with E-state index in [2.05, 4.69) is 15.6 Å². The summed E-state index contributed by atoms with van der Waals surface area (Å²) >= 11 is 6.32. The Morgan fingerprint density at radius 1 is 1.35 bits per heavy atom. The van der Waals surface area contributed by atoms with Crippen molar-refractivity contribution in [1.29, 1.82) is 0 Å². The van der Waals surface area contributed by atoms with E-state index in [1.54, 1.807) is 0 Å². The molecule has 1 aromatic carbocycles. The quantitative estimate of drug-likeness (QED) is 0.717. The van der Waals surface area contributed by atoms with E-state index in [9.17, 15) is 4.79 Å². The lowest BCUT2D eigenvalue weighted by molar-refractivity contribution is -0.121. The van der Waals surface area contributed by atoms with Crippen LogP contribution in [0, 0.1) is 0 Å². The van der Waals surface area contributed by atoms with E-state index in [0.29, 0.717) is 19.5 Å². The maximum absolute atomic E-state index is 11.5. The normalized spacial score (nSPS) is 11.2. The lowest BCUT2D eigenvalue weighted by atomic mass is 10.2. The maximum atomic E-state index is 11.5. The van der Waals surface area contributed by atoms with Crippen LogP contribution in [-0.2, 0) is 11.3 Å². The number of aromatic nitrogens is 1. The molecule has 1 aromatic heterocycles. The zero-order valence-electron chi connectivity index (χ0n) is 11.8. The highest BCUT2D eigenvalue weighted by atomic mass is 35.5. The van der Waals surface area contributed by atoms with Crippen molar-refractivity contribution < 1.29 is 4.79 Å². The van der Waals surface area contributed by atoms with Crippen molar-refractivity contribution in [2.24, 2.45) is 0 Å². The molecule has 0 radical (unpaired) electrons. The minimum Gasteiger partial charge on any atom is -0.356 e. The fraction of sp³-hybridized carbons (Fsp3) is 0.400. The standard InChI is InChI=1S/C15H20ClN3O/c1-10(2)18-14(20)7-8-17-9-13-15(16)11-5-3-4-6-12(11)19-13/h3-6,10,17,19H,7-9H2,1-2H3,(H,18,20). The Bertz CT molecular complexity index is 592. The zero-order chi connectivity index (χ0) is 14.5. The lowest BCUT2D eigenvalue weighted by Gasteiger charge is -2.08. The van der Waals surface area contributed by atoms with Crippen LogP contribution in [0.25, 0.3) is 10.9 Å². The number of H-pyrrole nitrogens is 1. The Morgan fingerprint density at radius 3 is 2.80 bits per heavy atom. The number of fused-ring (bicyclic) bond motifs is 1. The van der Waals surface area contributed by atoms with E-state index in [0.717, 1.165) is 21.6 Å². The van der Waals surface area contributed by atoms with E-state index in [-0.39, 0.29) is 11.9 Å². The molecule has 0 saturated heterocycles. The summed E-state index contributed by atoms with van der Waals surface area (Å²) in [5.41, 5.74) is 1.99. The molecular weight excluding hydrogens is 274 g/mol. The van der Waals surface area contributed by atoms with Gasteiger partial charge in [0.25, 0.3) is 0 Å². The fourth-order valence-electron chi connectivity index (χ4n) is 2.09. The molecule has 2 aromatic rings. The maximum Gasteiger partial charge on any atom is 0.221 e. The number of hydrogen-bond acceptors (Lipinski definition) is 2. The third-order valence-corrected chi connectivity index (χ3v) is 3.43. The molecule has 3 N–H and O–H groups in total. The monoisotopic (exact) mass is 293 g/mol. The van der Waals surface area contributed by atoms with E-state index >= 15 is 0 Å². The molecule has 4 nitrogen and oxygen atoms in total. The molecule has 0 aliphatic heterocycles. The van der Waals surface area contributed by atoms with Crippen LogP contribution in [0.5, 0.6) is 0 Å². The molecule has 1 amide bonds. The van der Waals surface area contributed by atoms with Gasteiger partial charge in [-0.3, -0.25) is 4.79 Å². The largest absolute Gasteiger partial charge is 0.356 e. The molecule has 108 valence electrons. The van der Waals surface area contributed by atoms with Crippen LogP contribution in [0.3, 0.4) is 0 Å². The van der Waals surface area contributed by atoms with Crippen LogP contribution in [0.4, 0.5) is 0 Å². The first kappa shape index (κ1) is 14.9. The first-order valence-electron chi connectivity index (χ1n) is 6.83. The zero-order valence-corrected chi connectivity index (χ0v) is 12.6. The van der Waals surface area contributed by atoms with E-state index in [1.807, 2.05) is 38.1 Å². The van der Waals surface area contributed by atoms with E-state index in [4.69, 9.17) is 11.6 Å². The molecule has 5 heteroatoms. The summed E-state index contributed by atoms with van der Waals surface area (Å²) in [4.78, 5) is 14.8. The summed E-state index contributed by atoms with van der Waals surface area (Å²) in [5, 5.41) is 7.87. The van der Waals surface area contributed by atoms with Gasteiger partial charge < -0.3 is 15.6 Å². The molecule has 1 heterocycles. The third kappa shape index (κ3) is 3.74. The van der Waals surface area contributed by atoms with Crippen molar-refractivity contribution in [3.63, 3.8) is 0 Å². The Morgan fingerprint density at radius 2 is 2.10 bits per heavy atom. The van der Waals surface area contributed by atoms with Gasteiger partial charge in [0.05, 0.1) is 5.02 Å². The third-order valence-electron chi connectivity index (χ3n) is 2.99. The molecule has 0 atom stereocenters. The number of halogens is 1. The average Bonchev–Trinajstić information content (AvgIpc) is 2.71. The number of nitrogens with one attached hydrogen (secondary N) is 3. The van der Waals surface area contributed by atoms with Gasteiger partial charge in [0.2, 0.25) is 5.91 Å². The lowest BCUT2D eigenvalue weighted by Crippen LogP contribution is -2.32.